The number of aliphatic hydroxyl groups is 1. The van der Waals surface area contributed by atoms with E-state index in [2.05, 4.69) is 33.8 Å². The molecule has 1 aliphatic rings. The van der Waals surface area contributed by atoms with E-state index in [-0.39, 0.29) is 0 Å². The van der Waals surface area contributed by atoms with Gasteiger partial charge in [0.2, 0.25) is 0 Å². The van der Waals surface area contributed by atoms with E-state index < -0.39 is 6.10 Å². The highest BCUT2D eigenvalue weighted by atomic mass is 79.9. The third-order valence-corrected chi connectivity index (χ3v) is 3.93. The summed E-state index contributed by atoms with van der Waals surface area (Å²) in [7, 11) is 0. The SMILES string of the molecule is CC1CCCN(c2cc(Br)ccc2C(C)O)C1. The maximum Gasteiger partial charge on any atom is 0.0782 e. The van der Waals surface area contributed by atoms with Crippen molar-refractivity contribution in [3.8, 4) is 0 Å². The molecule has 1 N–H and O–H groups in total. The number of benzene rings is 1. The van der Waals surface area contributed by atoms with Crippen LogP contribution < -0.4 is 4.90 Å². The minimum absolute atomic E-state index is 0.407. The molecule has 2 atom stereocenters. The Balaban J connectivity index is 2.32. The van der Waals surface area contributed by atoms with Crippen LogP contribution in [0, 0.1) is 5.92 Å². The van der Waals surface area contributed by atoms with Gasteiger partial charge in [-0.3, -0.25) is 0 Å². The molecule has 0 aliphatic carbocycles. The molecular formula is C14H20BrNO. The first-order valence-electron chi connectivity index (χ1n) is 6.30. The lowest BCUT2D eigenvalue weighted by Crippen LogP contribution is -2.35. The van der Waals surface area contributed by atoms with Gasteiger partial charge >= 0.3 is 0 Å². The van der Waals surface area contributed by atoms with Crippen molar-refractivity contribution in [2.75, 3.05) is 18.0 Å². The maximum atomic E-state index is 9.85. The summed E-state index contributed by atoms with van der Waals surface area (Å²) in [6.45, 7) is 6.32. The van der Waals surface area contributed by atoms with Crippen molar-refractivity contribution >= 4 is 21.6 Å². The van der Waals surface area contributed by atoms with Crippen molar-refractivity contribution in [3.63, 3.8) is 0 Å². The summed E-state index contributed by atoms with van der Waals surface area (Å²) >= 11 is 3.52. The van der Waals surface area contributed by atoms with Crippen LogP contribution in [0.15, 0.2) is 22.7 Å². The number of anilines is 1. The summed E-state index contributed by atoms with van der Waals surface area (Å²) in [5, 5.41) is 9.85. The Morgan fingerprint density at radius 2 is 2.24 bits per heavy atom. The number of nitrogens with zero attached hydrogens (tertiary/aromatic N) is 1. The summed E-state index contributed by atoms with van der Waals surface area (Å²) < 4.78 is 1.08. The van der Waals surface area contributed by atoms with Gasteiger partial charge in [0.25, 0.3) is 0 Å². The Kier molecular flexibility index (Phi) is 4.10. The molecule has 3 heteroatoms. The van der Waals surface area contributed by atoms with Crippen LogP contribution in [0.1, 0.15) is 38.4 Å². The van der Waals surface area contributed by atoms with Crippen LogP contribution in [0.3, 0.4) is 0 Å². The molecule has 0 aromatic heterocycles. The number of rotatable bonds is 2. The van der Waals surface area contributed by atoms with E-state index in [0.717, 1.165) is 29.0 Å². The first kappa shape index (κ1) is 12.9. The van der Waals surface area contributed by atoms with Gasteiger partial charge in [-0.15, -0.1) is 0 Å². The summed E-state index contributed by atoms with van der Waals surface area (Å²) in [4.78, 5) is 2.40. The molecule has 0 spiro atoms. The van der Waals surface area contributed by atoms with Crippen LogP contribution >= 0.6 is 15.9 Å². The summed E-state index contributed by atoms with van der Waals surface area (Å²) in [6, 6.07) is 6.14. The molecule has 2 unspecified atom stereocenters. The molecule has 17 heavy (non-hydrogen) atoms. The molecule has 1 aliphatic heterocycles. The van der Waals surface area contributed by atoms with E-state index in [1.807, 2.05) is 19.1 Å². The largest absolute Gasteiger partial charge is 0.389 e. The van der Waals surface area contributed by atoms with Gasteiger partial charge in [-0.05, 0) is 37.8 Å². The Labute approximate surface area is 112 Å². The highest BCUT2D eigenvalue weighted by molar-refractivity contribution is 9.10. The van der Waals surface area contributed by atoms with Crippen molar-refractivity contribution < 1.29 is 5.11 Å². The van der Waals surface area contributed by atoms with E-state index in [0.29, 0.717) is 0 Å². The average molecular weight is 298 g/mol. The predicted molar refractivity (Wildman–Crippen MR) is 75.4 cm³/mol. The van der Waals surface area contributed by atoms with Gasteiger partial charge < -0.3 is 10.0 Å². The summed E-state index contributed by atoms with van der Waals surface area (Å²) in [5.41, 5.74) is 2.21. The molecular weight excluding hydrogens is 278 g/mol. The van der Waals surface area contributed by atoms with E-state index in [4.69, 9.17) is 0 Å². The summed E-state index contributed by atoms with van der Waals surface area (Å²) in [6.07, 6.45) is 2.15. The van der Waals surface area contributed by atoms with E-state index >= 15 is 0 Å². The molecule has 1 fully saturated rings. The normalized spacial score (nSPS) is 22.6. The molecule has 1 aromatic carbocycles. The van der Waals surface area contributed by atoms with Crippen LogP contribution in [0.2, 0.25) is 0 Å². The quantitative estimate of drug-likeness (QED) is 0.899. The van der Waals surface area contributed by atoms with Gasteiger partial charge in [-0.1, -0.05) is 28.9 Å². The zero-order valence-corrected chi connectivity index (χ0v) is 12.1. The molecule has 1 aromatic rings. The fourth-order valence-corrected chi connectivity index (χ4v) is 2.90. The van der Waals surface area contributed by atoms with Crippen LogP contribution in [-0.4, -0.2) is 18.2 Å². The van der Waals surface area contributed by atoms with E-state index in [1.54, 1.807) is 0 Å². The van der Waals surface area contributed by atoms with Gasteiger partial charge in [0.1, 0.15) is 0 Å². The second-order valence-electron chi connectivity index (χ2n) is 5.07. The zero-order valence-electron chi connectivity index (χ0n) is 10.5. The van der Waals surface area contributed by atoms with Gasteiger partial charge in [-0.25, -0.2) is 0 Å². The average Bonchev–Trinajstić information content (AvgIpc) is 2.28. The Hall–Kier alpha value is -0.540. The molecule has 0 amide bonds. The highest BCUT2D eigenvalue weighted by Crippen LogP contribution is 2.32. The van der Waals surface area contributed by atoms with E-state index in [1.165, 1.54) is 18.5 Å². The van der Waals surface area contributed by atoms with Crippen LogP contribution in [-0.2, 0) is 0 Å². The van der Waals surface area contributed by atoms with Crippen LogP contribution in [0.25, 0.3) is 0 Å². The first-order chi connectivity index (χ1) is 8.08. The lowest BCUT2D eigenvalue weighted by atomic mass is 9.98. The minimum atomic E-state index is -0.407. The molecule has 2 rings (SSSR count). The fraction of sp³-hybridized carbons (Fsp3) is 0.571. The number of hydrogen-bond acceptors (Lipinski definition) is 2. The zero-order chi connectivity index (χ0) is 12.4. The van der Waals surface area contributed by atoms with Gasteiger partial charge in [0.05, 0.1) is 6.10 Å². The molecule has 0 saturated carbocycles. The summed E-state index contributed by atoms with van der Waals surface area (Å²) in [5.74, 6) is 0.740. The van der Waals surface area contributed by atoms with E-state index in [9.17, 15) is 5.11 Å². The smallest absolute Gasteiger partial charge is 0.0782 e. The Bertz CT molecular complexity index is 392. The molecule has 94 valence electrons. The lowest BCUT2D eigenvalue weighted by molar-refractivity contribution is 0.199. The predicted octanol–water partition coefficient (Wildman–Crippen LogP) is 3.74. The monoisotopic (exact) mass is 297 g/mol. The maximum absolute atomic E-state index is 9.85. The highest BCUT2D eigenvalue weighted by Gasteiger charge is 2.20. The standard InChI is InChI=1S/C14H20BrNO/c1-10-4-3-7-16(9-10)14-8-12(15)5-6-13(14)11(2)17/h5-6,8,10-11,17H,3-4,7,9H2,1-2H3. The third-order valence-electron chi connectivity index (χ3n) is 3.44. The van der Waals surface area contributed by atoms with Crippen LogP contribution in [0.4, 0.5) is 5.69 Å². The van der Waals surface area contributed by atoms with Gasteiger partial charge in [0, 0.05) is 28.8 Å². The van der Waals surface area contributed by atoms with Crippen molar-refractivity contribution in [2.45, 2.75) is 32.8 Å². The number of hydrogen-bond donors (Lipinski definition) is 1. The van der Waals surface area contributed by atoms with Crippen molar-refractivity contribution in [1.29, 1.82) is 0 Å². The van der Waals surface area contributed by atoms with Crippen molar-refractivity contribution in [2.24, 2.45) is 5.92 Å². The Morgan fingerprint density at radius 3 is 2.88 bits per heavy atom. The lowest BCUT2D eigenvalue weighted by Gasteiger charge is -2.34. The van der Waals surface area contributed by atoms with Crippen LogP contribution in [0.5, 0.6) is 0 Å². The molecule has 0 radical (unpaired) electrons. The minimum Gasteiger partial charge on any atom is -0.389 e. The van der Waals surface area contributed by atoms with Gasteiger partial charge in [-0.2, -0.15) is 0 Å². The molecule has 0 bridgehead atoms. The second kappa shape index (κ2) is 5.40. The van der Waals surface area contributed by atoms with Gasteiger partial charge in [0.15, 0.2) is 0 Å². The Morgan fingerprint density at radius 1 is 1.47 bits per heavy atom. The second-order valence-corrected chi connectivity index (χ2v) is 5.99. The number of aliphatic hydroxyl groups excluding tert-OH is 1. The number of piperidine rings is 1. The van der Waals surface area contributed by atoms with Crippen molar-refractivity contribution in [1.82, 2.24) is 0 Å². The molecule has 1 heterocycles. The topological polar surface area (TPSA) is 23.5 Å². The molecule has 1 saturated heterocycles. The first-order valence-corrected chi connectivity index (χ1v) is 7.09. The number of halogens is 1. The van der Waals surface area contributed by atoms with Crippen molar-refractivity contribution in [3.05, 3.63) is 28.2 Å². The fourth-order valence-electron chi connectivity index (χ4n) is 2.55. The third kappa shape index (κ3) is 3.02. The molecule has 2 nitrogen and oxygen atoms in total.